The van der Waals surface area contributed by atoms with Crippen molar-refractivity contribution in [2.45, 2.75) is 18.7 Å². The number of rotatable bonds is 3. The summed E-state index contributed by atoms with van der Waals surface area (Å²) < 4.78 is 25.4. The molecule has 0 aromatic heterocycles. The number of carbonyl (C=O) groups is 1. The molecule has 0 fully saturated rings. The fraction of sp³-hybridized carbons (Fsp3) is 0.182. The van der Waals surface area contributed by atoms with Gasteiger partial charge < -0.3 is 5.73 Å². The molecule has 0 heterocycles. The largest absolute Gasteiger partial charge is 0.399 e. The molecule has 6 heteroatoms. The lowest BCUT2D eigenvalue weighted by Gasteiger charge is -2.05. The highest BCUT2D eigenvalue weighted by atomic mass is 32.2. The van der Waals surface area contributed by atoms with E-state index in [4.69, 9.17) is 5.73 Å². The lowest BCUT2D eigenvalue weighted by atomic mass is 10.3. The molecule has 0 aliphatic carbocycles. The van der Waals surface area contributed by atoms with Crippen molar-refractivity contribution in [1.29, 1.82) is 0 Å². The zero-order chi connectivity index (χ0) is 13.1. The Morgan fingerprint density at radius 2 is 1.76 bits per heavy atom. The molecule has 0 aliphatic heterocycles. The predicted molar refractivity (Wildman–Crippen MR) is 65.6 cm³/mol. The average molecular weight is 254 g/mol. The van der Waals surface area contributed by atoms with E-state index in [0.29, 0.717) is 5.69 Å². The number of hydrogen-bond acceptors (Lipinski definition) is 4. The van der Waals surface area contributed by atoms with Gasteiger partial charge in [0.25, 0.3) is 15.9 Å². The number of allylic oxidation sites excluding steroid dienone is 1. The van der Waals surface area contributed by atoms with Crippen LogP contribution in [0.5, 0.6) is 0 Å². The fourth-order valence-corrected chi connectivity index (χ4v) is 2.07. The van der Waals surface area contributed by atoms with E-state index < -0.39 is 15.9 Å². The first-order chi connectivity index (χ1) is 7.81. The minimum Gasteiger partial charge on any atom is -0.399 e. The summed E-state index contributed by atoms with van der Waals surface area (Å²) in [5.74, 6) is -0.665. The zero-order valence-corrected chi connectivity index (χ0v) is 10.4. The zero-order valence-electron chi connectivity index (χ0n) is 9.60. The maximum atomic E-state index is 11.7. The van der Waals surface area contributed by atoms with Gasteiger partial charge in [0.15, 0.2) is 0 Å². The second kappa shape index (κ2) is 5.01. The Bertz CT molecular complexity index is 541. The first-order valence-corrected chi connectivity index (χ1v) is 6.37. The molecule has 17 heavy (non-hydrogen) atoms. The number of benzene rings is 1. The van der Waals surface area contributed by atoms with Crippen LogP contribution in [0.1, 0.15) is 13.8 Å². The topological polar surface area (TPSA) is 89.3 Å². The number of sulfonamides is 1. The Morgan fingerprint density at radius 3 is 2.24 bits per heavy atom. The number of hydrogen-bond donors (Lipinski definition) is 2. The van der Waals surface area contributed by atoms with Gasteiger partial charge in [-0.15, -0.1) is 0 Å². The Hall–Kier alpha value is -1.82. The molecule has 0 saturated carbocycles. The van der Waals surface area contributed by atoms with Crippen molar-refractivity contribution in [1.82, 2.24) is 4.72 Å². The average Bonchev–Trinajstić information content (AvgIpc) is 2.15. The number of nitrogen functional groups attached to an aromatic ring is 1. The van der Waals surface area contributed by atoms with Crippen molar-refractivity contribution in [2.75, 3.05) is 5.73 Å². The third-order valence-corrected chi connectivity index (χ3v) is 3.21. The lowest BCUT2D eigenvalue weighted by Crippen LogP contribution is -2.29. The lowest BCUT2D eigenvalue weighted by molar-refractivity contribution is -0.114. The van der Waals surface area contributed by atoms with Gasteiger partial charge in [-0.05, 0) is 38.1 Å². The van der Waals surface area contributed by atoms with Crippen LogP contribution >= 0.6 is 0 Å². The number of nitrogens with one attached hydrogen (secondary N) is 1. The molecule has 0 unspecified atom stereocenters. The summed E-state index contributed by atoms with van der Waals surface area (Å²) in [5, 5.41) is 0. The van der Waals surface area contributed by atoms with Crippen LogP contribution in [0.2, 0.25) is 0 Å². The van der Waals surface area contributed by atoms with Crippen molar-refractivity contribution in [3.8, 4) is 0 Å². The van der Waals surface area contributed by atoms with Gasteiger partial charge in [0, 0.05) is 11.8 Å². The molecule has 1 aromatic carbocycles. The molecule has 0 radical (unpaired) electrons. The van der Waals surface area contributed by atoms with E-state index >= 15 is 0 Å². The van der Waals surface area contributed by atoms with E-state index in [-0.39, 0.29) is 4.90 Å². The SMILES string of the molecule is CC(C)=CC(=O)NS(=O)(=O)c1ccc(N)cc1. The van der Waals surface area contributed by atoms with Crippen LogP contribution in [0.25, 0.3) is 0 Å². The quantitative estimate of drug-likeness (QED) is 0.623. The van der Waals surface area contributed by atoms with Crippen LogP contribution in [0.4, 0.5) is 5.69 Å². The van der Waals surface area contributed by atoms with Crippen LogP contribution < -0.4 is 10.5 Å². The summed E-state index contributed by atoms with van der Waals surface area (Å²) in [6.45, 7) is 3.41. The van der Waals surface area contributed by atoms with Gasteiger partial charge >= 0.3 is 0 Å². The summed E-state index contributed by atoms with van der Waals surface area (Å²) in [7, 11) is -3.82. The van der Waals surface area contributed by atoms with Gasteiger partial charge in [0.05, 0.1) is 4.90 Å². The molecule has 0 saturated heterocycles. The van der Waals surface area contributed by atoms with Crippen molar-refractivity contribution in [3.05, 3.63) is 35.9 Å². The summed E-state index contributed by atoms with van der Waals surface area (Å²) in [6, 6.07) is 5.60. The van der Waals surface area contributed by atoms with Gasteiger partial charge in [-0.1, -0.05) is 5.57 Å². The fourth-order valence-electron chi connectivity index (χ4n) is 1.13. The minimum absolute atomic E-state index is 0.00204. The van der Waals surface area contributed by atoms with Crippen LogP contribution in [-0.2, 0) is 14.8 Å². The van der Waals surface area contributed by atoms with Gasteiger partial charge in [-0.25, -0.2) is 13.1 Å². The Morgan fingerprint density at radius 1 is 1.24 bits per heavy atom. The standard InChI is InChI=1S/C11H14N2O3S/c1-8(2)7-11(14)13-17(15,16)10-5-3-9(12)4-6-10/h3-7H,12H2,1-2H3,(H,13,14). The van der Waals surface area contributed by atoms with Crippen LogP contribution in [0.15, 0.2) is 40.8 Å². The smallest absolute Gasteiger partial charge is 0.264 e. The number of nitrogens with two attached hydrogens (primary N) is 1. The summed E-state index contributed by atoms with van der Waals surface area (Å²) in [5.41, 5.74) is 6.62. The van der Waals surface area contributed by atoms with Crippen molar-refractivity contribution in [2.24, 2.45) is 0 Å². The Kier molecular flexibility index (Phi) is 3.90. The maximum absolute atomic E-state index is 11.7. The van der Waals surface area contributed by atoms with E-state index in [1.54, 1.807) is 13.8 Å². The van der Waals surface area contributed by atoms with Crippen molar-refractivity contribution < 1.29 is 13.2 Å². The monoisotopic (exact) mass is 254 g/mol. The molecule has 1 aromatic rings. The molecular formula is C11H14N2O3S. The van der Waals surface area contributed by atoms with E-state index in [1.807, 2.05) is 4.72 Å². The maximum Gasteiger partial charge on any atom is 0.264 e. The Labute approximate surface area is 100 Å². The normalized spacial score (nSPS) is 10.7. The van der Waals surface area contributed by atoms with E-state index in [0.717, 1.165) is 5.57 Å². The molecule has 92 valence electrons. The van der Waals surface area contributed by atoms with E-state index in [9.17, 15) is 13.2 Å². The van der Waals surface area contributed by atoms with Crippen molar-refractivity contribution in [3.63, 3.8) is 0 Å². The summed E-state index contributed by atoms with van der Waals surface area (Å²) in [6.07, 6.45) is 1.22. The minimum atomic E-state index is -3.82. The van der Waals surface area contributed by atoms with Crippen LogP contribution in [0, 0.1) is 0 Å². The number of anilines is 1. The third kappa shape index (κ3) is 3.92. The molecule has 1 rings (SSSR count). The van der Waals surface area contributed by atoms with Gasteiger partial charge in [0.1, 0.15) is 0 Å². The Balaban J connectivity index is 2.93. The highest BCUT2D eigenvalue weighted by Crippen LogP contribution is 2.11. The molecule has 3 N–H and O–H groups in total. The van der Waals surface area contributed by atoms with Crippen molar-refractivity contribution >= 4 is 21.6 Å². The van der Waals surface area contributed by atoms with Crippen LogP contribution in [-0.4, -0.2) is 14.3 Å². The highest BCUT2D eigenvalue weighted by Gasteiger charge is 2.15. The molecular weight excluding hydrogens is 240 g/mol. The first-order valence-electron chi connectivity index (χ1n) is 4.88. The molecule has 0 atom stereocenters. The second-order valence-corrected chi connectivity index (χ2v) is 5.44. The first kappa shape index (κ1) is 13.2. The highest BCUT2D eigenvalue weighted by molar-refractivity contribution is 7.90. The van der Waals surface area contributed by atoms with E-state index in [1.165, 1.54) is 30.3 Å². The second-order valence-electron chi connectivity index (χ2n) is 3.76. The summed E-state index contributed by atoms with van der Waals surface area (Å²) in [4.78, 5) is 11.3. The number of carbonyl (C=O) groups excluding carboxylic acids is 1. The molecule has 1 amide bonds. The van der Waals surface area contributed by atoms with Gasteiger partial charge in [0.2, 0.25) is 0 Å². The predicted octanol–water partition coefficient (Wildman–Crippen LogP) is 1.04. The van der Waals surface area contributed by atoms with E-state index in [2.05, 4.69) is 0 Å². The summed E-state index contributed by atoms with van der Waals surface area (Å²) >= 11 is 0. The molecule has 5 nitrogen and oxygen atoms in total. The number of amides is 1. The van der Waals surface area contributed by atoms with Gasteiger partial charge in [-0.3, -0.25) is 4.79 Å². The molecule has 0 bridgehead atoms. The third-order valence-electron chi connectivity index (χ3n) is 1.85. The van der Waals surface area contributed by atoms with Crippen LogP contribution in [0.3, 0.4) is 0 Å². The molecule has 0 aliphatic rings. The van der Waals surface area contributed by atoms with Gasteiger partial charge in [-0.2, -0.15) is 0 Å². The molecule has 0 spiro atoms.